The fourth-order valence-electron chi connectivity index (χ4n) is 1.46. The largest absolute Gasteiger partial charge is 0.349 e. The molecule has 1 aromatic heterocycles. The molecule has 1 amide bonds. The molecule has 1 aliphatic carbocycles. The molecule has 1 fully saturated rings. The number of nitrogens with two attached hydrogens (primary N) is 1. The molecule has 1 aromatic rings. The fourth-order valence-corrected chi connectivity index (χ4v) is 1.46. The van der Waals surface area contributed by atoms with Gasteiger partial charge < -0.3 is 11.1 Å². The number of aromatic amines is 1. The summed E-state index contributed by atoms with van der Waals surface area (Å²) >= 11 is 0. The summed E-state index contributed by atoms with van der Waals surface area (Å²) < 4.78 is 0. The van der Waals surface area contributed by atoms with E-state index in [1.54, 1.807) is 0 Å². The lowest BCUT2D eigenvalue weighted by molar-refractivity contribution is 0.0944. The van der Waals surface area contributed by atoms with E-state index in [4.69, 9.17) is 5.73 Å². The maximum Gasteiger partial charge on any atom is 0.271 e. The minimum Gasteiger partial charge on any atom is -0.349 e. The molecule has 0 spiro atoms. The van der Waals surface area contributed by atoms with Gasteiger partial charge in [-0.3, -0.25) is 9.59 Å². The van der Waals surface area contributed by atoms with Crippen molar-refractivity contribution in [3.05, 3.63) is 28.2 Å². The molecule has 1 atom stereocenters. The highest BCUT2D eigenvalue weighted by Crippen LogP contribution is 2.31. The minimum atomic E-state index is -0.328. The monoisotopic (exact) mass is 222 g/mol. The number of aromatic nitrogens is 2. The Morgan fingerprint density at radius 3 is 2.94 bits per heavy atom. The first-order valence-electron chi connectivity index (χ1n) is 5.26. The van der Waals surface area contributed by atoms with E-state index in [1.165, 1.54) is 12.1 Å². The van der Waals surface area contributed by atoms with E-state index in [9.17, 15) is 9.59 Å². The maximum atomic E-state index is 11.6. The van der Waals surface area contributed by atoms with E-state index < -0.39 is 0 Å². The molecule has 86 valence electrons. The van der Waals surface area contributed by atoms with Crippen molar-refractivity contribution in [2.24, 2.45) is 11.7 Å². The maximum absolute atomic E-state index is 11.6. The van der Waals surface area contributed by atoms with E-state index in [0.717, 1.165) is 12.8 Å². The van der Waals surface area contributed by atoms with Crippen LogP contribution >= 0.6 is 0 Å². The van der Waals surface area contributed by atoms with E-state index in [1.807, 2.05) is 0 Å². The van der Waals surface area contributed by atoms with Gasteiger partial charge in [0.15, 0.2) is 0 Å². The molecule has 0 aromatic carbocycles. The lowest BCUT2D eigenvalue weighted by atomic mass is 10.2. The summed E-state index contributed by atoms with van der Waals surface area (Å²) in [5, 5.41) is 8.52. The van der Waals surface area contributed by atoms with Crippen molar-refractivity contribution >= 4 is 5.91 Å². The number of nitrogens with one attached hydrogen (secondary N) is 2. The van der Waals surface area contributed by atoms with E-state index >= 15 is 0 Å². The number of carbonyl (C=O) groups excluding carboxylic acids is 1. The second-order valence-electron chi connectivity index (χ2n) is 4.02. The summed E-state index contributed by atoms with van der Waals surface area (Å²) in [7, 11) is 0. The molecule has 0 aliphatic heterocycles. The first-order valence-corrected chi connectivity index (χ1v) is 5.26. The molecule has 6 nitrogen and oxygen atoms in total. The summed E-state index contributed by atoms with van der Waals surface area (Å²) in [4.78, 5) is 22.3. The Labute approximate surface area is 92.2 Å². The third kappa shape index (κ3) is 2.66. The van der Waals surface area contributed by atoms with Crippen molar-refractivity contribution in [3.63, 3.8) is 0 Å². The molecular formula is C10H14N4O2. The highest BCUT2D eigenvalue weighted by atomic mass is 16.2. The van der Waals surface area contributed by atoms with Gasteiger partial charge in [-0.15, -0.1) is 0 Å². The van der Waals surface area contributed by atoms with Crippen molar-refractivity contribution in [2.45, 2.75) is 18.9 Å². The van der Waals surface area contributed by atoms with Gasteiger partial charge in [0.1, 0.15) is 5.69 Å². The number of carbonyl (C=O) groups is 1. The second-order valence-corrected chi connectivity index (χ2v) is 4.02. The molecular weight excluding hydrogens is 208 g/mol. The zero-order valence-corrected chi connectivity index (χ0v) is 8.77. The number of hydrogen-bond acceptors (Lipinski definition) is 4. The van der Waals surface area contributed by atoms with Crippen LogP contribution < -0.4 is 16.6 Å². The van der Waals surface area contributed by atoms with E-state index in [-0.39, 0.29) is 23.2 Å². The van der Waals surface area contributed by atoms with Gasteiger partial charge in [-0.25, -0.2) is 5.10 Å². The Kier molecular flexibility index (Phi) is 3.00. The topological polar surface area (TPSA) is 101 Å². The number of rotatable bonds is 4. The molecule has 2 rings (SSSR count). The molecule has 6 heteroatoms. The fraction of sp³-hybridized carbons (Fsp3) is 0.500. The molecule has 1 saturated carbocycles. The van der Waals surface area contributed by atoms with Crippen molar-refractivity contribution < 1.29 is 4.79 Å². The second kappa shape index (κ2) is 4.44. The van der Waals surface area contributed by atoms with Gasteiger partial charge in [-0.1, -0.05) is 0 Å². The van der Waals surface area contributed by atoms with Crippen molar-refractivity contribution in [1.29, 1.82) is 0 Å². The van der Waals surface area contributed by atoms with Gasteiger partial charge in [0.05, 0.1) is 0 Å². The van der Waals surface area contributed by atoms with Gasteiger partial charge >= 0.3 is 0 Å². The summed E-state index contributed by atoms with van der Waals surface area (Å²) in [6.45, 7) is 0.449. The van der Waals surface area contributed by atoms with Crippen LogP contribution in [0.5, 0.6) is 0 Å². The summed E-state index contributed by atoms with van der Waals surface area (Å²) in [5.74, 6) is 0.233. The van der Waals surface area contributed by atoms with Crippen LogP contribution in [-0.2, 0) is 0 Å². The number of nitrogens with zero attached hydrogens (tertiary/aromatic N) is 1. The van der Waals surface area contributed by atoms with Crippen LogP contribution in [0.25, 0.3) is 0 Å². The van der Waals surface area contributed by atoms with Gasteiger partial charge in [0.2, 0.25) is 0 Å². The van der Waals surface area contributed by atoms with Crippen LogP contribution in [-0.4, -0.2) is 28.7 Å². The number of amides is 1. The minimum absolute atomic E-state index is 0.0201. The van der Waals surface area contributed by atoms with Crippen molar-refractivity contribution in [2.75, 3.05) is 6.54 Å². The zero-order valence-electron chi connectivity index (χ0n) is 8.77. The molecule has 0 radical (unpaired) electrons. The first-order chi connectivity index (χ1) is 7.66. The van der Waals surface area contributed by atoms with Gasteiger partial charge in [-0.05, 0) is 24.8 Å². The van der Waals surface area contributed by atoms with E-state index in [2.05, 4.69) is 15.5 Å². The summed E-state index contributed by atoms with van der Waals surface area (Å²) in [5.41, 5.74) is 5.71. The smallest absolute Gasteiger partial charge is 0.271 e. The van der Waals surface area contributed by atoms with Crippen LogP contribution in [0, 0.1) is 5.92 Å². The molecule has 1 unspecified atom stereocenters. The highest BCUT2D eigenvalue weighted by molar-refractivity contribution is 5.91. The lowest BCUT2D eigenvalue weighted by Gasteiger charge is -2.10. The molecule has 1 aliphatic rings. The predicted molar refractivity (Wildman–Crippen MR) is 57.9 cm³/mol. The first kappa shape index (κ1) is 10.8. The van der Waals surface area contributed by atoms with Crippen LogP contribution in [0.3, 0.4) is 0 Å². The normalized spacial score (nSPS) is 16.8. The third-order valence-electron chi connectivity index (χ3n) is 2.64. The Balaban J connectivity index is 1.87. The molecule has 0 saturated heterocycles. The quantitative estimate of drug-likeness (QED) is 0.623. The van der Waals surface area contributed by atoms with Crippen LogP contribution in [0.2, 0.25) is 0 Å². The SMILES string of the molecule is NC(CNC(=O)c1ccc(=O)[nH]n1)C1CC1. The van der Waals surface area contributed by atoms with Crippen molar-refractivity contribution in [3.8, 4) is 0 Å². The Morgan fingerprint density at radius 1 is 1.62 bits per heavy atom. The molecule has 1 heterocycles. The van der Waals surface area contributed by atoms with Crippen LogP contribution in [0.4, 0.5) is 0 Å². The predicted octanol–water partition coefficient (Wildman–Crippen LogP) is -0.763. The van der Waals surface area contributed by atoms with Gasteiger partial charge in [0.25, 0.3) is 11.5 Å². The standard InChI is InChI=1S/C10H14N4O2/c11-7(6-1-2-6)5-12-10(16)8-3-4-9(15)14-13-8/h3-4,6-7H,1-2,5,11H2,(H,12,16)(H,14,15). The molecule has 4 N–H and O–H groups in total. The highest BCUT2D eigenvalue weighted by Gasteiger charge is 2.28. The van der Waals surface area contributed by atoms with Crippen LogP contribution in [0.1, 0.15) is 23.3 Å². The average molecular weight is 222 g/mol. The lowest BCUT2D eigenvalue weighted by Crippen LogP contribution is -2.39. The Hall–Kier alpha value is -1.69. The third-order valence-corrected chi connectivity index (χ3v) is 2.64. The number of hydrogen-bond donors (Lipinski definition) is 3. The Morgan fingerprint density at radius 2 is 2.38 bits per heavy atom. The van der Waals surface area contributed by atoms with Crippen LogP contribution in [0.15, 0.2) is 16.9 Å². The van der Waals surface area contributed by atoms with E-state index in [0.29, 0.717) is 12.5 Å². The average Bonchev–Trinajstić information content (AvgIpc) is 3.10. The molecule has 0 bridgehead atoms. The number of H-pyrrole nitrogens is 1. The zero-order chi connectivity index (χ0) is 11.5. The summed E-state index contributed by atoms with van der Waals surface area (Å²) in [6.07, 6.45) is 2.29. The summed E-state index contributed by atoms with van der Waals surface area (Å²) in [6, 6.07) is 2.67. The Bertz CT molecular complexity index is 418. The molecule has 16 heavy (non-hydrogen) atoms. The van der Waals surface area contributed by atoms with Gasteiger partial charge in [0, 0.05) is 18.7 Å². The van der Waals surface area contributed by atoms with Gasteiger partial charge in [-0.2, -0.15) is 5.10 Å². The van der Waals surface area contributed by atoms with Crippen molar-refractivity contribution in [1.82, 2.24) is 15.5 Å².